The van der Waals surface area contributed by atoms with Crippen molar-refractivity contribution in [2.75, 3.05) is 12.8 Å². The lowest BCUT2D eigenvalue weighted by molar-refractivity contribution is -0.144. The molecule has 1 rings (SSSR count). The number of carboxylic acid groups (broad SMARTS) is 1. The lowest BCUT2D eigenvalue weighted by Gasteiger charge is -2.23. The van der Waals surface area contributed by atoms with Gasteiger partial charge in [-0.15, -0.1) is 0 Å². The number of aromatic nitrogens is 2. The third-order valence-corrected chi connectivity index (χ3v) is 4.22. The van der Waals surface area contributed by atoms with Crippen molar-refractivity contribution in [1.29, 1.82) is 0 Å². The van der Waals surface area contributed by atoms with Crippen LogP contribution in [0.4, 0.5) is 0 Å². The summed E-state index contributed by atoms with van der Waals surface area (Å²) in [6.07, 6.45) is 2.43. The van der Waals surface area contributed by atoms with E-state index >= 15 is 0 Å². The second-order valence-corrected chi connectivity index (χ2v) is 6.19. The number of carbonyl (C=O) groups is 1. The molecule has 0 saturated carbocycles. The fourth-order valence-electron chi connectivity index (χ4n) is 1.84. The van der Waals surface area contributed by atoms with E-state index in [1.54, 1.807) is 25.7 Å². The molecule has 0 saturated heterocycles. The Morgan fingerprint density at radius 1 is 1.35 bits per heavy atom. The molecule has 1 atom stereocenters. The average molecular weight is 297 g/mol. The molecular weight excluding hydrogens is 274 g/mol. The summed E-state index contributed by atoms with van der Waals surface area (Å²) in [5.41, 5.74) is 1.13. The van der Waals surface area contributed by atoms with Crippen LogP contribution in [0.15, 0.2) is 11.2 Å². The van der Waals surface area contributed by atoms with Crippen molar-refractivity contribution in [3.63, 3.8) is 0 Å². The quantitative estimate of drug-likeness (QED) is 0.436. The van der Waals surface area contributed by atoms with E-state index < -0.39 is 11.5 Å². The highest BCUT2D eigenvalue weighted by atomic mass is 32.2. The van der Waals surface area contributed by atoms with Crippen molar-refractivity contribution in [3.8, 4) is 0 Å². The van der Waals surface area contributed by atoms with E-state index in [0.29, 0.717) is 6.42 Å². The minimum atomic E-state index is -0.832. The molecule has 1 unspecified atom stereocenters. The number of likely N-dealkylation sites (N-methyl/N-ethyl adjacent to an activating group) is 1. The van der Waals surface area contributed by atoms with E-state index in [4.69, 9.17) is 5.11 Å². The first kappa shape index (κ1) is 16.9. The monoisotopic (exact) mass is 297 g/mol. The summed E-state index contributed by atoms with van der Waals surface area (Å²) < 4.78 is 0. The zero-order valence-corrected chi connectivity index (χ0v) is 13.4. The van der Waals surface area contributed by atoms with Gasteiger partial charge in [-0.2, -0.15) is 0 Å². The molecule has 5 nitrogen and oxygen atoms in total. The van der Waals surface area contributed by atoms with E-state index in [1.165, 1.54) is 0 Å². The van der Waals surface area contributed by atoms with Crippen molar-refractivity contribution < 1.29 is 9.90 Å². The first-order valence-electron chi connectivity index (χ1n) is 6.75. The van der Waals surface area contributed by atoms with Crippen molar-refractivity contribution in [2.24, 2.45) is 0 Å². The maximum atomic E-state index is 11.1. The first-order chi connectivity index (χ1) is 9.37. The van der Waals surface area contributed by atoms with Gasteiger partial charge < -0.3 is 10.4 Å². The lowest BCUT2D eigenvalue weighted by Crippen LogP contribution is -2.47. The number of aliphatic carboxylic acids is 1. The maximum absolute atomic E-state index is 11.1. The fraction of sp³-hybridized carbons (Fsp3) is 0.643. The molecule has 2 N–H and O–H groups in total. The predicted octanol–water partition coefficient (Wildman–Crippen LogP) is 2.42. The van der Waals surface area contributed by atoms with Gasteiger partial charge in [-0.3, -0.25) is 4.79 Å². The third-order valence-electron chi connectivity index (χ3n) is 3.29. The SMILES string of the molecule is CNC(C)(CCCCSc1nc(C)cc(C)n1)C(=O)O. The van der Waals surface area contributed by atoms with Gasteiger partial charge in [0.2, 0.25) is 0 Å². The molecule has 0 fully saturated rings. The molecule has 1 aromatic rings. The van der Waals surface area contributed by atoms with Gasteiger partial charge in [-0.25, -0.2) is 9.97 Å². The summed E-state index contributed by atoms with van der Waals surface area (Å²) in [5, 5.41) is 12.8. The van der Waals surface area contributed by atoms with Crippen molar-refractivity contribution in [3.05, 3.63) is 17.5 Å². The van der Waals surface area contributed by atoms with Crippen molar-refractivity contribution >= 4 is 17.7 Å². The molecule has 20 heavy (non-hydrogen) atoms. The largest absolute Gasteiger partial charge is 0.480 e. The minimum absolute atomic E-state index is 0.618. The molecule has 0 aromatic carbocycles. The number of unbranched alkanes of at least 4 members (excludes halogenated alkanes) is 1. The van der Waals surface area contributed by atoms with Crippen LogP contribution in [0.5, 0.6) is 0 Å². The molecule has 6 heteroatoms. The molecule has 0 aliphatic carbocycles. The van der Waals surface area contributed by atoms with Crippen LogP contribution in [0.1, 0.15) is 37.6 Å². The van der Waals surface area contributed by atoms with Gasteiger partial charge in [0, 0.05) is 17.1 Å². The lowest BCUT2D eigenvalue weighted by atomic mass is 9.95. The van der Waals surface area contributed by atoms with Crippen molar-refractivity contribution in [2.45, 2.75) is 50.7 Å². The van der Waals surface area contributed by atoms with Crippen LogP contribution in [0.3, 0.4) is 0 Å². The summed E-state index contributed by atoms with van der Waals surface area (Å²) in [6.45, 7) is 5.64. The Labute approximate surface area is 124 Å². The van der Waals surface area contributed by atoms with E-state index in [1.807, 2.05) is 19.9 Å². The molecule has 0 spiro atoms. The molecule has 0 bridgehead atoms. The molecule has 1 aromatic heterocycles. The molecule has 0 radical (unpaired) electrons. The fourth-order valence-corrected chi connectivity index (χ4v) is 2.79. The maximum Gasteiger partial charge on any atom is 0.323 e. The van der Waals surface area contributed by atoms with E-state index in [9.17, 15) is 4.79 Å². The third kappa shape index (κ3) is 5.09. The van der Waals surface area contributed by atoms with Gasteiger partial charge in [0.15, 0.2) is 5.16 Å². The summed E-state index contributed by atoms with van der Waals surface area (Å²) in [5.74, 6) is 0.104. The number of hydrogen-bond acceptors (Lipinski definition) is 5. The Bertz CT molecular complexity index is 447. The Kier molecular flexibility index (Phi) is 6.42. The van der Waals surface area contributed by atoms with Gasteiger partial charge in [0.1, 0.15) is 5.54 Å². The average Bonchev–Trinajstić information content (AvgIpc) is 2.36. The van der Waals surface area contributed by atoms with Gasteiger partial charge in [-0.1, -0.05) is 18.2 Å². The number of nitrogens with one attached hydrogen (secondary N) is 1. The molecule has 1 heterocycles. The number of hydrogen-bond donors (Lipinski definition) is 2. The second-order valence-electron chi connectivity index (χ2n) is 5.13. The number of nitrogens with zero attached hydrogens (tertiary/aromatic N) is 2. The normalized spacial score (nSPS) is 14.0. The Morgan fingerprint density at radius 2 is 1.95 bits per heavy atom. The highest BCUT2D eigenvalue weighted by Crippen LogP contribution is 2.19. The Balaban J connectivity index is 2.33. The number of aryl methyl sites for hydroxylation is 2. The summed E-state index contributed by atoms with van der Waals surface area (Å²) in [6, 6.07) is 1.95. The smallest absolute Gasteiger partial charge is 0.323 e. The van der Waals surface area contributed by atoms with Crippen LogP contribution in [-0.4, -0.2) is 39.4 Å². The molecule has 112 valence electrons. The van der Waals surface area contributed by atoms with Crippen LogP contribution < -0.4 is 5.32 Å². The zero-order chi connectivity index (χ0) is 15.2. The zero-order valence-electron chi connectivity index (χ0n) is 12.6. The van der Waals surface area contributed by atoms with Crippen LogP contribution >= 0.6 is 11.8 Å². The summed E-state index contributed by atoms with van der Waals surface area (Å²) in [4.78, 5) is 19.9. The van der Waals surface area contributed by atoms with E-state index in [-0.39, 0.29) is 0 Å². The van der Waals surface area contributed by atoms with E-state index in [2.05, 4.69) is 15.3 Å². The Hall–Kier alpha value is -1.14. The van der Waals surface area contributed by atoms with Gasteiger partial charge in [0.05, 0.1) is 0 Å². The van der Waals surface area contributed by atoms with Crippen molar-refractivity contribution in [1.82, 2.24) is 15.3 Å². The van der Waals surface area contributed by atoms with Crippen LogP contribution in [0, 0.1) is 13.8 Å². The van der Waals surface area contributed by atoms with Gasteiger partial charge in [-0.05, 0) is 46.7 Å². The standard InChI is InChI=1S/C14H23N3O2S/c1-10-9-11(2)17-13(16-10)20-8-6-5-7-14(3,15-4)12(18)19/h9,15H,5-8H2,1-4H3,(H,18,19). The highest BCUT2D eigenvalue weighted by Gasteiger charge is 2.29. The van der Waals surface area contributed by atoms with Crippen LogP contribution in [-0.2, 0) is 4.79 Å². The molecular formula is C14H23N3O2S. The molecule has 0 aliphatic rings. The van der Waals surface area contributed by atoms with Gasteiger partial charge >= 0.3 is 5.97 Å². The number of rotatable bonds is 8. The molecule has 0 amide bonds. The van der Waals surface area contributed by atoms with Gasteiger partial charge in [0.25, 0.3) is 0 Å². The minimum Gasteiger partial charge on any atom is -0.480 e. The van der Waals surface area contributed by atoms with Crippen LogP contribution in [0.25, 0.3) is 0 Å². The van der Waals surface area contributed by atoms with E-state index in [0.717, 1.165) is 35.1 Å². The topological polar surface area (TPSA) is 75.1 Å². The number of carboxylic acids is 1. The number of thioether (sulfide) groups is 1. The highest BCUT2D eigenvalue weighted by molar-refractivity contribution is 7.99. The predicted molar refractivity (Wildman–Crippen MR) is 81.2 cm³/mol. The summed E-state index contributed by atoms with van der Waals surface area (Å²) >= 11 is 1.63. The molecule has 0 aliphatic heterocycles. The first-order valence-corrected chi connectivity index (χ1v) is 7.73. The second kappa shape index (κ2) is 7.59. The summed E-state index contributed by atoms with van der Waals surface area (Å²) in [7, 11) is 1.69. The Morgan fingerprint density at radius 3 is 2.45 bits per heavy atom. The van der Waals surface area contributed by atoms with Crippen LogP contribution in [0.2, 0.25) is 0 Å².